The fourth-order valence-electron chi connectivity index (χ4n) is 3.25. The van der Waals surface area contributed by atoms with Crippen LogP contribution in [0.3, 0.4) is 0 Å². The predicted octanol–water partition coefficient (Wildman–Crippen LogP) is 4.77. The van der Waals surface area contributed by atoms with Gasteiger partial charge in [-0.15, -0.1) is 11.3 Å². The second kappa shape index (κ2) is 10.9. The first-order valence-corrected chi connectivity index (χ1v) is 11.3. The Bertz CT molecular complexity index is 1530. The summed E-state index contributed by atoms with van der Waals surface area (Å²) in [5.74, 6) is -1.11. The van der Waals surface area contributed by atoms with Crippen molar-refractivity contribution in [1.29, 1.82) is 5.26 Å². The van der Waals surface area contributed by atoms with Crippen molar-refractivity contribution in [2.75, 3.05) is 17.2 Å². The van der Waals surface area contributed by atoms with E-state index in [1.807, 2.05) is 36.4 Å². The number of hydrogen-bond acceptors (Lipinski definition) is 8. The molecule has 2 N–H and O–H groups in total. The van der Waals surface area contributed by atoms with Gasteiger partial charge >= 0.3 is 0 Å². The van der Waals surface area contributed by atoms with Crippen LogP contribution in [0.25, 0.3) is 16.8 Å². The Morgan fingerprint density at radius 2 is 1.92 bits per heavy atom. The molecule has 36 heavy (non-hydrogen) atoms. The highest BCUT2D eigenvalue weighted by molar-refractivity contribution is 7.13. The summed E-state index contributed by atoms with van der Waals surface area (Å²) in [5, 5.41) is 30.1. The molecule has 0 atom stereocenters. The van der Waals surface area contributed by atoms with Gasteiger partial charge in [0.15, 0.2) is 11.7 Å². The van der Waals surface area contributed by atoms with E-state index in [1.165, 1.54) is 35.7 Å². The number of nitriles is 1. The molecule has 2 amide bonds. The molecule has 0 saturated heterocycles. The minimum Gasteiger partial charge on any atom is -0.483 e. The first kappa shape index (κ1) is 24.1. The number of anilines is 2. The highest BCUT2D eigenvalue weighted by Crippen LogP contribution is 2.27. The topological polar surface area (TPSA) is 147 Å². The summed E-state index contributed by atoms with van der Waals surface area (Å²) in [6.45, 7) is -0.413. The third-order valence-electron chi connectivity index (χ3n) is 4.91. The van der Waals surface area contributed by atoms with Crippen LogP contribution in [0.15, 0.2) is 77.8 Å². The minimum atomic E-state index is -0.702. The molecule has 4 aromatic rings. The second-order valence-corrected chi connectivity index (χ2v) is 8.23. The lowest BCUT2D eigenvalue weighted by atomic mass is 10.1. The molecule has 1 heterocycles. The van der Waals surface area contributed by atoms with Crippen LogP contribution in [-0.4, -0.2) is 28.3 Å². The van der Waals surface area contributed by atoms with E-state index in [-0.39, 0.29) is 22.6 Å². The Kier molecular flexibility index (Phi) is 7.28. The average Bonchev–Trinajstić information content (AvgIpc) is 3.39. The Hall–Kier alpha value is -5.08. The van der Waals surface area contributed by atoms with Crippen molar-refractivity contribution >= 4 is 56.5 Å². The van der Waals surface area contributed by atoms with E-state index < -0.39 is 23.3 Å². The Labute approximate surface area is 208 Å². The van der Waals surface area contributed by atoms with Crippen LogP contribution in [0.1, 0.15) is 5.56 Å². The SMILES string of the molecule is N#CC(=Cc1cc([N+](=O)[O-])ccc1OCC(=O)Nc1nccs1)C(=O)Nc1ccc2ccccc2c1. The number of nitro groups is 1. The van der Waals surface area contributed by atoms with Crippen molar-refractivity contribution in [2.24, 2.45) is 0 Å². The van der Waals surface area contributed by atoms with Crippen molar-refractivity contribution in [1.82, 2.24) is 4.98 Å². The number of non-ortho nitro benzene ring substituents is 1. The quantitative estimate of drug-likeness (QED) is 0.154. The highest BCUT2D eigenvalue weighted by Gasteiger charge is 2.16. The number of thiazole rings is 1. The van der Waals surface area contributed by atoms with Gasteiger partial charge in [-0.25, -0.2) is 4.98 Å². The number of aromatic nitrogens is 1. The van der Waals surface area contributed by atoms with Crippen LogP contribution < -0.4 is 15.4 Å². The predicted molar refractivity (Wildman–Crippen MR) is 136 cm³/mol. The summed E-state index contributed by atoms with van der Waals surface area (Å²) in [7, 11) is 0. The van der Waals surface area contributed by atoms with E-state index in [0.29, 0.717) is 10.8 Å². The summed E-state index contributed by atoms with van der Waals surface area (Å²) in [6, 6.07) is 18.4. The first-order valence-electron chi connectivity index (χ1n) is 10.5. The smallest absolute Gasteiger partial charge is 0.270 e. The molecule has 0 spiro atoms. The zero-order valence-electron chi connectivity index (χ0n) is 18.5. The number of hydrogen-bond donors (Lipinski definition) is 2. The third kappa shape index (κ3) is 5.88. The Morgan fingerprint density at radius 1 is 1.11 bits per heavy atom. The zero-order chi connectivity index (χ0) is 25.5. The van der Waals surface area contributed by atoms with E-state index in [4.69, 9.17) is 4.74 Å². The number of carbonyl (C=O) groups is 2. The monoisotopic (exact) mass is 499 g/mol. The minimum absolute atomic E-state index is 0.0844. The van der Waals surface area contributed by atoms with Gasteiger partial charge in [-0.3, -0.25) is 25.0 Å². The van der Waals surface area contributed by atoms with Crippen molar-refractivity contribution < 1.29 is 19.2 Å². The van der Waals surface area contributed by atoms with Gasteiger partial charge in [0.25, 0.3) is 17.5 Å². The van der Waals surface area contributed by atoms with Gasteiger partial charge in [0, 0.05) is 35.0 Å². The Morgan fingerprint density at radius 3 is 2.64 bits per heavy atom. The maximum absolute atomic E-state index is 12.8. The number of nitro benzene ring substituents is 1. The van der Waals surface area contributed by atoms with Crippen LogP contribution in [0.2, 0.25) is 0 Å². The van der Waals surface area contributed by atoms with Gasteiger partial charge in [0.05, 0.1) is 4.92 Å². The lowest BCUT2D eigenvalue weighted by Crippen LogP contribution is -2.20. The average molecular weight is 500 g/mol. The normalized spacial score (nSPS) is 10.9. The molecule has 0 aliphatic heterocycles. The van der Waals surface area contributed by atoms with Crippen LogP contribution >= 0.6 is 11.3 Å². The van der Waals surface area contributed by atoms with Crippen molar-refractivity contribution in [3.63, 3.8) is 0 Å². The van der Waals surface area contributed by atoms with Crippen molar-refractivity contribution in [3.05, 3.63) is 93.5 Å². The number of nitrogens with one attached hydrogen (secondary N) is 2. The lowest BCUT2D eigenvalue weighted by Gasteiger charge is -2.10. The van der Waals surface area contributed by atoms with Crippen molar-refractivity contribution in [3.8, 4) is 11.8 Å². The number of fused-ring (bicyclic) bond motifs is 1. The molecule has 0 radical (unpaired) electrons. The van der Waals surface area contributed by atoms with E-state index in [0.717, 1.165) is 16.8 Å². The molecular weight excluding hydrogens is 482 g/mol. The highest BCUT2D eigenvalue weighted by atomic mass is 32.1. The van der Waals surface area contributed by atoms with Gasteiger partial charge < -0.3 is 10.1 Å². The summed E-state index contributed by atoms with van der Waals surface area (Å²) >= 11 is 1.23. The number of amides is 2. The van der Waals surface area contributed by atoms with E-state index >= 15 is 0 Å². The van der Waals surface area contributed by atoms with Gasteiger partial charge in [0.2, 0.25) is 0 Å². The summed E-state index contributed by atoms with van der Waals surface area (Å²) in [5.41, 5.74) is -0.000471. The fraction of sp³-hybridized carbons (Fsp3) is 0.0400. The lowest BCUT2D eigenvalue weighted by molar-refractivity contribution is -0.384. The summed E-state index contributed by atoms with van der Waals surface area (Å²) < 4.78 is 5.53. The fourth-order valence-corrected chi connectivity index (χ4v) is 3.79. The number of carbonyl (C=O) groups excluding carboxylic acids is 2. The summed E-state index contributed by atoms with van der Waals surface area (Å²) in [6.07, 6.45) is 2.71. The third-order valence-corrected chi connectivity index (χ3v) is 5.60. The number of ether oxygens (including phenoxy) is 1. The number of rotatable bonds is 8. The molecule has 0 aliphatic carbocycles. The van der Waals surface area contributed by atoms with Crippen molar-refractivity contribution in [2.45, 2.75) is 0 Å². The van der Waals surface area contributed by atoms with Gasteiger partial charge in [0.1, 0.15) is 17.4 Å². The molecular formula is C25H17N5O5S. The van der Waals surface area contributed by atoms with Crippen LogP contribution in [0, 0.1) is 21.4 Å². The van der Waals surface area contributed by atoms with Crippen LogP contribution in [0.5, 0.6) is 5.75 Å². The zero-order valence-corrected chi connectivity index (χ0v) is 19.3. The molecule has 4 rings (SSSR count). The number of benzene rings is 3. The molecule has 1 aromatic heterocycles. The molecule has 0 aliphatic rings. The molecule has 0 fully saturated rings. The van der Waals surface area contributed by atoms with Crippen LogP contribution in [-0.2, 0) is 9.59 Å². The standard InChI is InChI=1S/C25H17N5O5S/c26-14-19(24(32)28-20-6-5-16-3-1-2-4-17(16)12-20)11-18-13-21(30(33)34)7-8-22(18)35-15-23(31)29-25-27-9-10-36-25/h1-13H,15H2,(H,28,32)(H,27,29,31). The van der Waals surface area contributed by atoms with Gasteiger partial charge in [-0.1, -0.05) is 30.3 Å². The molecule has 0 bridgehead atoms. The molecule has 0 saturated carbocycles. The van der Waals surface area contributed by atoms with E-state index in [1.54, 1.807) is 17.5 Å². The molecule has 11 heteroatoms. The van der Waals surface area contributed by atoms with Gasteiger partial charge in [-0.2, -0.15) is 5.26 Å². The van der Waals surface area contributed by atoms with E-state index in [2.05, 4.69) is 15.6 Å². The van der Waals surface area contributed by atoms with Crippen LogP contribution in [0.4, 0.5) is 16.5 Å². The molecule has 0 unspecified atom stereocenters. The molecule has 3 aromatic carbocycles. The summed E-state index contributed by atoms with van der Waals surface area (Å²) in [4.78, 5) is 39.6. The van der Waals surface area contributed by atoms with E-state index in [9.17, 15) is 25.0 Å². The Balaban J connectivity index is 1.56. The molecule has 178 valence electrons. The maximum Gasteiger partial charge on any atom is 0.270 e. The maximum atomic E-state index is 12.8. The number of nitrogens with zero attached hydrogens (tertiary/aromatic N) is 3. The first-order chi connectivity index (χ1) is 17.4. The largest absolute Gasteiger partial charge is 0.483 e. The van der Waals surface area contributed by atoms with Gasteiger partial charge in [-0.05, 0) is 35.0 Å². The second-order valence-electron chi connectivity index (χ2n) is 7.34. The molecule has 10 nitrogen and oxygen atoms in total.